The number of allylic oxidation sites excluding steroid dienone is 1. The monoisotopic (exact) mass is 880 g/mol. The summed E-state index contributed by atoms with van der Waals surface area (Å²) < 4.78 is 20.4. The van der Waals surface area contributed by atoms with Crippen LogP contribution < -0.4 is 14.8 Å². The van der Waals surface area contributed by atoms with Gasteiger partial charge in [-0.1, -0.05) is 97.7 Å². The van der Waals surface area contributed by atoms with Crippen molar-refractivity contribution in [1.82, 2.24) is 10.2 Å². The highest BCUT2D eigenvalue weighted by atomic mass is 16.7. The SMILES string of the molecule is C=CCO[C@@]12Oc3ccc(OC(=O)NCc4ccccc4)cc3[C@H]3[C@H](CCCCO)[C@@H](CCCCO)C=C(C(=NOCc4ccccc4)C[C@@H]1N(CCC)C(=O)c1ccc(C#N)cc1)[C@H]32. The zero-order valence-electron chi connectivity index (χ0n) is 37.1. The zero-order valence-corrected chi connectivity index (χ0v) is 37.1. The number of unbranched alkanes of at least 4 members (excludes halogenated alkanes) is 2. The van der Waals surface area contributed by atoms with E-state index in [1.807, 2.05) is 84.6 Å². The number of hydrogen-bond acceptors (Lipinski definition) is 10. The zero-order chi connectivity index (χ0) is 45.6. The maximum Gasteiger partial charge on any atom is 0.412 e. The van der Waals surface area contributed by atoms with Gasteiger partial charge in [0, 0.05) is 49.8 Å². The lowest BCUT2D eigenvalue weighted by Crippen LogP contribution is -2.70. The van der Waals surface area contributed by atoms with Crippen molar-refractivity contribution < 1.29 is 38.9 Å². The standard InChI is InChI=1S/C53H60N4O8/c1-3-27-57(51(60)40-23-21-37(34-54)22-24-40)48-33-46(56-63-36-39-17-9-6-10-18-39)44-31-41(19-11-13-28-58)43(20-12-14-29-59)49-45-32-42(64-52(61)55-35-38-15-7-5-8-16-38)25-26-47(45)65-53(48,50(44)49)62-30-4-2/h4-10,15-18,21-26,31-32,41,43,48-50,58-59H,2-3,11-14,19-20,27-30,33,35-36H2,1H3,(H,55,61)/t41-,43+,48-,49+,50+,53+/m0/s1. The molecule has 1 heterocycles. The minimum Gasteiger partial charge on any atom is -0.459 e. The van der Waals surface area contributed by atoms with Crippen LogP contribution in [0.25, 0.3) is 0 Å². The first-order valence-electron chi connectivity index (χ1n) is 22.9. The first-order valence-corrected chi connectivity index (χ1v) is 22.9. The average Bonchev–Trinajstić information content (AvgIpc) is 3.34. The van der Waals surface area contributed by atoms with E-state index in [-0.39, 0.29) is 56.5 Å². The number of nitrogens with zero attached hydrogens (tertiary/aromatic N) is 3. The van der Waals surface area contributed by atoms with Crippen LogP contribution in [0.4, 0.5) is 4.79 Å². The fourth-order valence-electron chi connectivity index (χ4n) is 9.88. The van der Waals surface area contributed by atoms with Crippen LogP contribution in [0.1, 0.15) is 96.8 Å². The highest BCUT2D eigenvalue weighted by molar-refractivity contribution is 6.03. The quantitative estimate of drug-likeness (QED) is 0.0421. The summed E-state index contributed by atoms with van der Waals surface area (Å²) >= 11 is 0. The molecule has 4 aromatic carbocycles. The number of fused-ring (bicyclic) bond motifs is 2. The molecule has 1 aliphatic heterocycles. The van der Waals surface area contributed by atoms with Crippen LogP contribution in [-0.2, 0) is 22.7 Å². The van der Waals surface area contributed by atoms with Crippen molar-refractivity contribution in [2.75, 3.05) is 26.4 Å². The number of carbonyl (C=O) groups is 2. The molecular formula is C53H60N4O8. The van der Waals surface area contributed by atoms with Gasteiger partial charge in [-0.3, -0.25) is 4.79 Å². The second-order valence-corrected chi connectivity index (χ2v) is 16.9. The molecule has 1 saturated carbocycles. The Morgan fingerprint density at radius 2 is 1.66 bits per heavy atom. The minimum atomic E-state index is -1.46. The molecule has 1 fully saturated rings. The molecule has 2 aliphatic carbocycles. The number of amides is 2. The predicted octanol–water partition coefficient (Wildman–Crippen LogP) is 9.23. The van der Waals surface area contributed by atoms with E-state index in [2.05, 4.69) is 24.0 Å². The Bertz CT molecular complexity index is 2330. The number of benzene rings is 4. The van der Waals surface area contributed by atoms with Crippen LogP contribution in [0.5, 0.6) is 11.5 Å². The third-order valence-corrected chi connectivity index (χ3v) is 12.7. The molecule has 0 saturated heterocycles. The van der Waals surface area contributed by atoms with Crippen LogP contribution in [0.3, 0.4) is 0 Å². The fraction of sp³-hybridized carbons (Fsp3) is 0.396. The van der Waals surface area contributed by atoms with Gasteiger partial charge in [0.05, 0.1) is 29.9 Å². The number of aliphatic hydroxyl groups excluding tert-OH is 2. The Morgan fingerprint density at radius 3 is 2.34 bits per heavy atom. The number of ether oxygens (including phenoxy) is 3. The Balaban J connectivity index is 1.40. The van der Waals surface area contributed by atoms with E-state index < -0.39 is 23.8 Å². The number of rotatable bonds is 21. The van der Waals surface area contributed by atoms with Gasteiger partial charge in [0.2, 0.25) is 5.79 Å². The summed E-state index contributed by atoms with van der Waals surface area (Å²) in [5.74, 6) is -1.68. The summed E-state index contributed by atoms with van der Waals surface area (Å²) in [5, 5.41) is 37.3. The lowest BCUT2D eigenvalue weighted by atomic mass is 9.55. The van der Waals surface area contributed by atoms with E-state index in [9.17, 15) is 25.1 Å². The van der Waals surface area contributed by atoms with Crippen molar-refractivity contribution in [3.8, 4) is 17.6 Å². The first-order chi connectivity index (χ1) is 31.8. The second-order valence-electron chi connectivity index (χ2n) is 16.9. The predicted molar refractivity (Wildman–Crippen MR) is 248 cm³/mol. The second kappa shape index (κ2) is 22.6. The molecule has 4 aromatic rings. The third-order valence-electron chi connectivity index (χ3n) is 12.7. The summed E-state index contributed by atoms with van der Waals surface area (Å²) in [7, 11) is 0. The van der Waals surface area contributed by atoms with E-state index in [0.717, 1.165) is 47.9 Å². The molecule has 65 heavy (non-hydrogen) atoms. The number of hydrogen-bond donors (Lipinski definition) is 3. The molecule has 3 N–H and O–H groups in total. The Labute approximate surface area is 382 Å². The average molecular weight is 881 g/mol. The van der Waals surface area contributed by atoms with Crippen LogP contribution in [-0.4, -0.2) is 71.0 Å². The van der Waals surface area contributed by atoms with Crippen LogP contribution in [0.2, 0.25) is 0 Å². The number of carbonyl (C=O) groups excluding carboxylic acids is 2. The minimum absolute atomic E-state index is 0.0150. The number of oxime groups is 1. The summed E-state index contributed by atoms with van der Waals surface area (Å²) in [6.45, 7) is 7.19. The largest absolute Gasteiger partial charge is 0.459 e. The molecule has 340 valence electrons. The Hall–Kier alpha value is -6.26. The maximum atomic E-state index is 15.0. The lowest BCUT2D eigenvalue weighted by molar-refractivity contribution is -0.254. The molecule has 12 nitrogen and oxygen atoms in total. The van der Waals surface area contributed by atoms with Gasteiger partial charge >= 0.3 is 6.09 Å². The lowest BCUT2D eigenvalue weighted by Gasteiger charge is -2.60. The number of nitrogens with one attached hydrogen (secondary N) is 1. The molecule has 0 aromatic heterocycles. The highest BCUT2D eigenvalue weighted by Gasteiger charge is 2.65. The van der Waals surface area contributed by atoms with E-state index in [4.69, 9.17) is 24.2 Å². The van der Waals surface area contributed by atoms with E-state index in [1.54, 1.807) is 36.4 Å². The first kappa shape index (κ1) is 46.7. The van der Waals surface area contributed by atoms with Crippen molar-refractivity contribution in [2.24, 2.45) is 22.9 Å². The Morgan fingerprint density at radius 1 is 0.954 bits per heavy atom. The van der Waals surface area contributed by atoms with E-state index >= 15 is 0 Å². The van der Waals surface area contributed by atoms with E-state index in [0.29, 0.717) is 60.7 Å². The summed E-state index contributed by atoms with van der Waals surface area (Å²) in [5.41, 5.74) is 5.16. The van der Waals surface area contributed by atoms with Crippen molar-refractivity contribution in [2.45, 2.75) is 89.2 Å². The van der Waals surface area contributed by atoms with Gasteiger partial charge in [0.25, 0.3) is 5.91 Å². The molecule has 3 aliphatic rings. The van der Waals surface area contributed by atoms with Crippen molar-refractivity contribution >= 4 is 17.7 Å². The molecule has 0 radical (unpaired) electrons. The molecule has 0 unspecified atom stereocenters. The van der Waals surface area contributed by atoms with Gasteiger partial charge in [-0.25, -0.2) is 4.79 Å². The van der Waals surface area contributed by atoms with Crippen LogP contribution >= 0.6 is 0 Å². The van der Waals surface area contributed by atoms with Crippen molar-refractivity contribution in [3.05, 3.63) is 155 Å². The molecule has 2 amide bonds. The number of aliphatic hydroxyl groups is 2. The van der Waals surface area contributed by atoms with E-state index in [1.165, 1.54) is 0 Å². The van der Waals surface area contributed by atoms with Gasteiger partial charge in [0.1, 0.15) is 24.1 Å². The summed E-state index contributed by atoms with van der Waals surface area (Å²) in [6.07, 6.45) is 8.59. The topological polar surface area (TPSA) is 163 Å². The molecule has 0 spiro atoms. The smallest absolute Gasteiger partial charge is 0.412 e. The van der Waals surface area contributed by atoms with Gasteiger partial charge in [-0.05, 0) is 103 Å². The fourth-order valence-corrected chi connectivity index (χ4v) is 9.88. The molecule has 6 atom stereocenters. The normalized spacial score (nSPS) is 22.3. The molecule has 12 heteroatoms. The third kappa shape index (κ3) is 10.8. The molecular weight excluding hydrogens is 821 g/mol. The summed E-state index contributed by atoms with van der Waals surface area (Å²) in [6, 6.07) is 32.9. The highest BCUT2D eigenvalue weighted by Crippen LogP contribution is 2.62. The molecule has 0 bridgehead atoms. The van der Waals surface area contributed by atoms with Crippen LogP contribution in [0, 0.1) is 29.1 Å². The van der Waals surface area contributed by atoms with Gasteiger partial charge in [-0.15, -0.1) is 6.58 Å². The van der Waals surface area contributed by atoms with Crippen molar-refractivity contribution in [1.29, 1.82) is 5.26 Å². The van der Waals surface area contributed by atoms with Crippen molar-refractivity contribution in [3.63, 3.8) is 0 Å². The van der Waals surface area contributed by atoms with Gasteiger partial charge < -0.3 is 39.5 Å². The summed E-state index contributed by atoms with van der Waals surface area (Å²) in [4.78, 5) is 36.3. The van der Waals surface area contributed by atoms with Crippen LogP contribution in [0.15, 0.2) is 133 Å². The van der Waals surface area contributed by atoms with Gasteiger partial charge in [-0.2, -0.15) is 5.26 Å². The maximum absolute atomic E-state index is 15.0. The van der Waals surface area contributed by atoms with Gasteiger partial charge in [0.15, 0.2) is 0 Å². The molecule has 7 rings (SSSR count). The Kier molecular flexibility index (Phi) is 16.2. The number of nitriles is 1.